The first-order chi connectivity index (χ1) is 15.6. The van der Waals surface area contributed by atoms with Gasteiger partial charge in [-0.2, -0.15) is 5.10 Å². The van der Waals surface area contributed by atoms with Gasteiger partial charge in [0.15, 0.2) is 5.65 Å². The lowest BCUT2D eigenvalue weighted by Crippen LogP contribution is -2.40. The molecule has 8 heteroatoms. The van der Waals surface area contributed by atoms with Gasteiger partial charge in [0, 0.05) is 44.8 Å². The molecular weight excluding hydrogens is 404 g/mol. The van der Waals surface area contributed by atoms with Crippen LogP contribution in [0.1, 0.15) is 30.6 Å². The Balaban J connectivity index is 1.62. The predicted octanol–water partition coefficient (Wildman–Crippen LogP) is 2.40. The van der Waals surface area contributed by atoms with Gasteiger partial charge in [-0.15, -0.1) is 0 Å². The van der Waals surface area contributed by atoms with Crippen LogP contribution in [-0.2, 0) is 11.3 Å². The fraction of sp³-hybridized carbons (Fsp3) is 0.417. The summed E-state index contributed by atoms with van der Waals surface area (Å²) in [6.07, 6.45) is 2.58. The van der Waals surface area contributed by atoms with Crippen molar-refractivity contribution in [2.45, 2.75) is 26.8 Å². The van der Waals surface area contributed by atoms with Gasteiger partial charge in [0.05, 0.1) is 29.4 Å². The quantitative estimate of drug-likeness (QED) is 0.644. The van der Waals surface area contributed by atoms with Gasteiger partial charge in [-0.1, -0.05) is 30.3 Å². The van der Waals surface area contributed by atoms with Crippen LogP contribution in [-0.4, -0.2) is 75.6 Å². The third-order valence-electron chi connectivity index (χ3n) is 5.83. The van der Waals surface area contributed by atoms with Crippen molar-refractivity contribution in [3.05, 3.63) is 48.2 Å². The van der Waals surface area contributed by atoms with Crippen molar-refractivity contribution < 1.29 is 9.59 Å². The van der Waals surface area contributed by atoms with Crippen LogP contribution >= 0.6 is 0 Å². The van der Waals surface area contributed by atoms with Gasteiger partial charge in [0.25, 0.3) is 5.91 Å². The summed E-state index contributed by atoms with van der Waals surface area (Å²) in [5.74, 6) is 0.0210. The molecule has 1 aliphatic heterocycles. The molecular formula is C24H30N6O2. The number of amides is 2. The number of hydrogen-bond donors (Lipinski definition) is 1. The maximum Gasteiger partial charge on any atom is 0.254 e. The van der Waals surface area contributed by atoms with E-state index in [1.165, 1.54) is 0 Å². The zero-order valence-corrected chi connectivity index (χ0v) is 18.8. The van der Waals surface area contributed by atoms with E-state index >= 15 is 0 Å². The number of aryl methyl sites for hydroxylation is 1. The van der Waals surface area contributed by atoms with Gasteiger partial charge < -0.3 is 10.2 Å². The summed E-state index contributed by atoms with van der Waals surface area (Å²) >= 11 is 0. The van der Waals surface area contributed by atoms with Crippen molar-refractivity contribution >= 4 is 22.8 Å². The zero-order chi connectivity index (χ0) is 22.5. The van der Waals surface area contributed by atoms with Crippen LogP contribution in [0.2, 0.25) is 0 Å². The van der Waals surface area contributed by atoms with E-state index in [1.807, 2.05) is 59.8 Å². The lowest BCUT2D eigenvalue weighted by Gasteiger charge is -2.22. The highest BCUT2D eigenvalue weighted by Gasteiger charge is 2.24. The molecule has 0 saturated carbocycles. The van der Waals surface area contributed by atoms with Crippen molar-refractivity contribution in [3.63, 3.8) is 0 Å². The molecule has 1 aromatic carbocycles. The second kappa shape index (κ2) is 9.91. The molecule has 1 aliphatic rings. The first kappa shape index (κ1) is 22.0. The lowest BCUT2D eigenvalue weighted by atomic mass is 10.1. The molecule has 168 valence electrons. The van der Waals surface area contributed by atoms with Crippen LogP contribution in [0.4, 0.5) is 0 Å². The molecule has 1 N–H and O–H groups in total. The van der Waals surface area contributed by atoms with Crippen molar-refractivity contribution in [1.29, 1.82) is 0 Å². The number of nitrogens with one attached hydrogen (secondary N) is 1. The molecule has 8 nitrogen and oxygen atoms in total. The molecule has 1 fully saturated rings. The summed E-state index contributed by atoms with van der Waals surface area (Å²) < 4.78 is 1.83. The number of likely N-dealkylation sites (N-methyl/N-ethyl adjacent to an activating group) is 1. The third kappa shape index (κ3) is 4.65. The number of nitrogens with zero attached hydrogens (tertiary/aromatic N) is 5. The average Bonchev–Trinajstić information content (AvgIpc) is 3.09. The maximum absolute atomic E-state index is 13.6. The largest absolute Gasteiger partial charge is 0.355 e. The maximum atomic E-state index is 13.6. The molecule has 3 heterocycles. The fourth-order valence-corrected chi connectivity index (χ4v) is 4.17. The summed E-state index contributed by atoms with van der Waals surface area (Å²) in [7, 11) is 0. The van der Waals surface area contributed by atoms with Crippen molar-refractivity contribution in [2.24, 2.45) is 0 Å². The molecule has 32 heavy (non-hydrogen) atoms. The molecule has 0 radical (unpaired) electrons. The number of aromatic nitrogens is 3. The van der Waals surface area contributed by atoms with Gasteiger partial charge in [-0.05, 0) is 26.3 Å². The Morgan fingerprint density at radius 3 is 2.62 bits per heavy atom. The normalized spacial score (nSPS) is 15.0. The van der Waals surface area contributed by atoms with Crippen molar-refractivity contribution in [2.75, 3.05) is 39.3 Å². The third-order valence-corrected chi connectivity index (χ3v) is 5.83. The number of carbonyl (C=O) groups is 2. The minimum Gasteiger partial charge on any atom is -0.355 e. The predicted molar refractivity (Wildman–Crippen MR) is 124 cm³/mol. The van der Waals surface area contributed by atoms with E-state index in [0.717, 1.165) is 35.3 Å². The molecule has 4 rings (SSSR count). The average molecular weight is 435 g/mol. The van der Waals surface area contributed by atoms with E-state index in [0.29, 0.717) is 44.8 Å². The van der Waals surface area contributed by atoms with Crippen LogP contribution in [0, 0.1) is 0 Å². The van der Waals surface area contributed by atoms with E-state index in [2.05, 4.69) is 15.3 Å². The fourth-order valence-electron chi connectivity index (χ4n) is 4.17. The molecule has 0 aliphatic carbocycles. The van der Waals surface area contributed by atoms with Gasteiger partial charge in [0.1, 0.15) is 0 Å². The number of fused-ring (bicyclic) bond motifs is 1. The Morgan fingerprint density at radius 2 is 1.88 bits per heavy atom. The monoisotopic (exact) mass is 434 g/mol. The van der Waals surface area contributed by atoms with Crippen LogP contribution in [0.25, 0.3) is 22.3 Å². The van der Waals surface area contributed by atoms with E-state index in [1.54, 1.807) is 6.20 Å². The molecule has 3 aromatic rings. The van der Waals surface area contributed by atoms with Crippen molar-refractivity contribution in [3.8, 4) is 11.3 Å². The summed E-state index contributed by atoms with van der Waals surface area (Å²) in [4.78, 5) is 34.4. The lowest BCUT2D eigenvalue weighted by molar-refractivity contribution is -0.122. The van der Waals surface area contributed by atoms with E-state index in [9.17, 15) is 9.59 Å². The highest BCUT2D eigenvalue weighted by atomic mass is 16.2. The highest BCUT2D eigenvalue weighted by molar-refractivity contribution is 6.06. The summed E-state index contributed by atoms with van der Waals surface area (Å²) in [6.45, 7) is 8.35. The standard InChI is InChI=1S/C24H30N6O2/c1-3-25-22(31)17-28-11-8-12-29(14-13-28)24(32)19-15-21(18-9-6-5-7-10-18)27-23-20(19)16-26-30(23)4-2/h5-7,9-10,15-16H,3-4,8,11-14,17H2,1-2H3,(H,25,31). The Hall–Kier alpha value is -3.26. The Kier molecular flexibility index (Phi) is 6.80. The van der Waals surface area contributed by atoms with E-state index in [4.69, 9.17) is 4.98 Å². The zero-order valence-electron chi connectivity index (χ0n) is 18.8. The molecule has 2 aromatic heterocycles. The first-order valence-electron chi connectivity index (χ1n) is 11.3. The smallest absolute Gasteiger partial charge is 0.254 e. The number of hydrogen-bond acceptors (Lipinski definition) is 5. The van der Waals surface area contributed by atoms with Crippen LogP contribution in [0.3, 0.4) is 0 Å². The molecule has 2 amide bonds. The number of pyridine rings is 1. The van der Waals surface area contributed by atoms with Crippen LogP contribution in [0.15, 0.2) is 42.6 Å². The SMILES string of the molecule is CCNC(=O)CN1CCCN(C(=O)c2cc(-c3ccccc3)nc3c2cnn3CC)CC1. The summed E-state index contributed by atoms with van der Waals surface area (Å²) in [5, 5.41) is 8.07. The van der Waals surface area contributed by atoms with Crippen LogP contribution in [0.5, 0.6) is 0 Å². The number of carbonyl (C=O) groups excluding carboxylic acids is 2. The van der Waals surface area contributed by atoms with Crippen LogP contribution < -0.4 is 5.32 Å². The Morgan fingerprint density at radius 1 is 1.06 bits per heavy atom. The highest BCUT2D eigenvalue weighted by Crippen LogP contribution is 2.26. The molecule has 0 bridgehead atoms. The van der Waals surface area contributed by atoms with Crippen molar-refractivity contribution in [1.82, 2.24) is 29.9 Å². The summed E-state index contributed by atoms with van der Waals surface area (Å²) in [6, 6.07) is 11.8. The molecule has 0 unspecified atom stereocenters. The first-order valence-corrected chi connectivity index (χ1v) is 11.3. The number of rotatable bonds is 6. The van der Waals surface area contributed by atoms with Gasteiger partial charge >= 0.3 is 0 Å². The van der Waals surface area contributed by atoms with E-state index in [-0.39, 0.29) is 11.8 Å². The topological polar surface area (TPSA) is 83.4 Å². The second-order valence-corrected chi connectivity index (χ2v) is 7.99. The van der Waals surface area contributed by atoms with E-state index < -0.39 is 0 Å². The summed E-state index contributed by atoms with van der Waals surface area (Å²) in [5.41, 5.74) is 3.09. The Bertz CT molecular complexity index is 1090. The number of benzene rings is 1. The Labute approximate surface area is 188 Å². The minimum absolute atomic E-state index is 0.00917. The van der Waals surface area contributed by atoms with Gasteiger partial charge in [-0.3, -0.25) is 14.5 Å². The molecule has 0 atom stereocenters. The molecule has 0 spiro atoms. The minimum atomic E-state index is -0.00917. The second-order valence-electron chi connectivity index (χ2n) is 7.99. The van der Waals surface area contributed by atoms with Gasteiger partial charge in [-0.25, -0.2) is 9.67 Å². The van der Waals surface area contributed by atoms with Gasteiger partial charge in [0.2, 0.25) is 5.91 Å². The molecule has 1 saturated heterocycles.